The summed E-state index contributed by atoms with van der Waals surface area (Å²) in [6.07, 6.45) is 3.48. The number of rotatable bonds is 6. The molecule has 3 heteroatoms. The van der Waals surface area contributed by atoms with Gasteiger partial charge in [0.25, 0.3) is 0 Å². The van der Waals surface area contributed by atoms with Gasteiger partial charge in [0.1, 0.15) is 11.5 Å². The Morgan fingerprint density at radius 2 is 1.86 bits per heavy atom. The van der Waals surface area contributed by atoms with Gasteiger partial charge in [-0.3, -0.25) is 0 Å². The van der Waals surface area contributed by atoms with Crippen LogP contribution in [0.25, 0.3) is 0 Å². The van der Waals surface area contributed by atoms with Crippen LogP contribution in [0.15, 0.2) is 42.5 Å². The second-order valence-electron chi connectivity index (χ2n) is 5.44. The molecule has 1 N–H and O–H groups in total. The van der Waals surface area contributed by atoms with Crippen LogP contribution in [0.1, 0.15) is 30.9 Å². The summed E-state index contributed by atoms with van der Waals surface area (Å²) in [6, 6.07) is 14.6. The van der Waals surface area contributed by atoms with Crippen LogP contribution in [-0.2, 0) is 13.0 Å². The molecule has 3 rings (SSSR count). The number of benzene rings is 2. The summed E-state index contributed by atoms with van der Waals surface area (Å²) < 4.78 is 6.14. The molecule has 1 saturated carbocycles. The summed E-state index contributed by atoms with van der Waals surface area (Å²) in [6.45, 7) is 2.89. The minimum absolute atomic E-state index is 0.650. The smallest absolute Gasteiger partial charge is 0.133 e. The SMILES string of the molecule is CCc1ccccc1Oc1cccc(Cl)c1CNC1CC1. The molecule has 0 aromatic heterocycles. The zero-order valence-electron chi connectivity index (χ0n) is 12.2. The van der Waals surface area contributed by atoms with Crippen LogP contribution in [0, 0.1) is 0 Å². The maximum Gasteiger partial charge on any atom is 0.133 e. The third kappa shape index (κ3) is 3.58. The van der Waals surface area contributed by atoms with E-state index < -0.39 is 0 Å². The first-order chi connectivity index (χ1) is 10.3. The van der Waals surface area contributed by atoms with Gasteiger partial charge in [-0.25, -0.2) is 0 Å². The van der Waals surface area contributed by atoms with Crippen molar-refractivity contribution in [2.75, 3.05) is 0 Å². The number of ether oxygens (including phenoxy) is 1. The molecule has 0 saturated heterocycles. The van der Waals surface area contributed by atoms with E-state index in [1.165, 1.54) is 18.4 Å². The van der Waals surface area contributed by atoms with Gasteiger partial charge in [0, 0.05) is 23.2 Å². The second kappa shape index (κ2) is 6.50. The largest absolute Gasteiger partial charge is 0.457 e. The number of aryl methyl sites for hydroxylation is 1. The van der Waals surface area contributed by atoms with Crippen molar-refractivity contribution in [2.45, 2.75) is 38.8 Å². The number of nitrogens with one attached hydrogen (secondary N) is 1. The fourth-order valence-corrected chi connectivity index (χ4v) is 2.59. The highest BCUT2D eigenvalue weighted by molar-refractivity contribution is 6.31. The maximum absolute atomic E-state index is 6.35. The number of hydrogen-bond acceptors (Lipinski definition) is 2. The predicted molar refractivity (Wildman–Crippen MR) is 87.2 cm³/mol. The molecule has 0 amide bonds. The van der Waals surface area contributed by atoms with Crippen molar-refractivity contribution in [3.05, 3.63) is 58.6 Å². The molecule has 0 heterocycles. The minimum atomic E-state index is 0.650. The zero-order valence-corrected chi connectivity index (χ0v) is 13.0. The molecule has 0 bridgehead atoms. The fraction of sp³-hybridized carbons (Fsp3) is 0.333. The Kier molecular flexibility index (Phi) is 4.47. The van der Waals surface area contributed by atoms with Crippen molar-refractivity contribution in [2.24, 2.45) is 0 Å². The first-order valence-corrected chi connectivity index (χ1v) is 7.92. The summed E-state index contributed by atoms with van der Waals surface area (Å²) in [5.74, 6) is 1.76. The van der Waals surface area contributed by atoms with Crippen molar-refractivity contribution in [3.63, 3.8) is 0 Å². The molecular formula is C18H20ClNO. The fourth-order valence-electron chi connectivity index (χ4n) is 2.35. The van der Waals surface area contributed by atoms with Gasteiger partial charge in [0.2, 0.25) is 0 Å². The first kappa shape index (κ1) is 14.4. The van der Waals surface area contributed by atoms with Crippen molar-refractivity contribution in [1.82, 2.24) is 5.32 Å². The van der Waals surface area contributed by atoms with E-state index in [1.807, 2.05) is 36.4 Å². The van der Waals surface area contributed by atoms with Crippen LogP contribution in [-0.4, -0.2) is 6.04 Å². The lowest BCUT2D eigenvalue weighted by Crippen LogP contribution is -2.16. The summed E-state index contributed by atoms with van der Waals surface area (Å²) >= 11 is 6.35. The van der Waals surface area contributed by atoms with E-state index in [9.17, 15) is 0 Å². The molecule has 2 nitrogen and oxygen atoms in total. The van der Waals surface area contributed by atoms with Gasteiger partial charge >= 0.3 is 0 Å². The van der Waals surface area contributed by atoms with E-state index in [4.69, 9.17) is 16.3 Å². The summed E-state index contributed by atoms with van der Waals surface area (Å²) in [5, 5.41) is 4.26. The molecule has 0 aliphatic heterocycles. The molecule has 110 valence electrons. The Hall–Kier alpha value is -1.51. The minimum Gasteiger partial charge on any atom is -0.457 e. The molecule has 1 aliphatic carbocycles. The van der Waals surface area contributed by atoms with Crippen LogP contribution in [0.2, 0.25) is 5.02 Å². The lowest BCUT2D eigenvalue weighted by molar-refractivity contribution is 0.467. The molecule has 21 heavy (non-hydrogen) atoms. The monoisotopic (exact) mass is 301 g/mol. The van der Waals surface area contributed by atoms with Gasteiger partial charge in [-0.05, 0) is 43.0 Å². The Morgan fingerprint density at radius 1 is 1.10 bits per heavy atom. The van der Waals surface area contributed by atoms with E-state index in [-0.39, 0.29) is 0 Å². The molecule has 0 spiro atoms. The Bertz CT molecular complexity index is 622. The first-order valence-electron chi connectivity index (χ1n) is 7.54. The van der Waals surface area contributed by atoms with Crippen LogP contribution in [0.3, 0.4) is 0 Å². The highest BCUT2D eigenvalue weighted by atomic mass is 35.5. The van der Waals surface area contributed by atoms with Gasteiger partial charge in [-0.15, -0.1) is 0 Å². The average Bonchev–Trinajstić information content (AvgIpc) is 3.31. The molecule has 0 atom stereocenters. The van der Waals surface area contributed by atoms with Gasteiger partial charge in [0.15, 0.2) is 0 Å². The molecule has 1 fully saturated rings. The third-order valence-corrected chi connectivity index (χ3v) is 4.15. The van der Waals surface area contributed by atoms with Crippen LogP contribution >= 0.6 is 11.6 Å². The number of halogens is 1. The lowest BCUT2D eigenvalue weighted by Gasteiger charge is -2.15. The predicted octanol–water partition coefficient (Wildman–Crippen LogP) is 4.95. The van der Waals surface area contributed by atoms with Crippen molar-refractivity contribution >= 4 is 11.6 Å². The molecule has 1 aliphatic rings. The zero-order chi connectivity index (χ0) is 14.7. The molecule has 0 unspecified atom stereocenters. The van der Waals surface area contributed by atoms with Crippen LogP contribution < -0.4 is 10.1 Å². The topological polar surface area (TPSA) is 21.3 Å². The van der Waals surface area contributed by atoms with E-state index in [2.05, 4.69) is 18.3 Å². The normalized spacial score (nSPS) is 14.2. The van der Waals surface area contributed by atoms with E-state index in [0.29, 0.717) is 6.04 Å². The van der Waals surface area contributed by atoms with Crippen molar-refractivity contribution in [1.29, 1.82) is 0 Å². The summed E-state index contributed by atoms with van der Waals surface area (Å²) in [4.78, 5) is 0. The maximum atomic E-state index is 6.35. The Morgan fingerprint density at radius 3 is 2.62 bits per heavy atom. The summed E-state index contributed by atoms with van der Waals surface area (Å²) in [5.41, 5.74) is 2.25. The van der Waals surface area contributed by atoms with Gasteiger partial charge in [-0.1, -0.05) is 42.8 Å². The van der Waals surface area contributed by atoms with Crippen LogP contribution in [0.4, 0.5) is 0 Å². The molecular weight excluding hydrogens is 282 g/mol. The lowest BCUT2D eigenvalue weighted by atomic mass is 10.1. The van der Waals surface area contributed by atoms with Gasteiger partial charge in [-0.2, -0.15) is 0 Å². The highest BCUT2D eigenvalue weighted by Crippen LogP contribution is 2.33. The molecule has 0 radical (unpaired) electrons. The highest BCUT2D eigenvalue weighted by Gasteiger charge is 2.21. The summed E-state index contributed by atoms with van der Waals surface area (Å²) in [7, 11) is 0. The second-order valence-corrected chi connectivity index (χ2v) is 5.84. The van der Waals surface area contributed by atoms with E-state index in [0.717, 1.165) is 35.1 Å². The quantitative estimate of drug-likeness (QED) is 0.815. The van der Waals surface area contributed by atoms with Crippen LogP contribution in [0.5, 0.6) is 11.5 Å². The van der Waals surface area contributed by atoms with E-state index in [1.54, 1.807) is 0 Å². The van der Waals surface area contributed by atoms with Crippen molar-refractivity contribution in [3.8, 4) is 11.5 Å². The van der Waals surface area contributed by atoms with E-state index >= 15 is 0 Å². The Balaban J connectivity index is 1.84. The number of hydrogen-bond donors (Lipinski definition) is 1. The standard InChI is InChI=1S/C18H20ClNO/c1-2-13-6-3-4-8-17(13)21-18-9-5-7-16(19)15(18)12-20-14-10-11-14/h3-9,14,20H,2,10-12H2,1H3. The van der Waals surface area contributed by atoms with Gasteiger partial charge < -0.3 is 10.1 Å². The third-order valence-electron chi connectivity index (χ3n) is 3.79. The Labute approximate surface area is 131 Å². The van der Waals surface area contributed by atoms with Gasteiger partial charge in [0.05, 0.1) is 0 Å². The van der Waals surface area contributed by atoms with Crippen molar-refractivity contribution < 1.29 is 4.74 Å². The number of para-hydroxylation sites is 1. The average molecular weight is 302 g/mol. The molecule has 2 aromatic rings. The molecule has 2 aromatic carbocycles.